The van der Waals surface area contributed by atoms with Gasteiger partial charge in [-0.15, -0.1) is 13.2 Å². The maximum atomic E-state index is 11.7. The molecule has 0 heterocycles. The van der Waals surface area contributed by atoms with Crippen molar-refractivity contribution in [3.8, 4) is 0 Å². The van der Waals surface area contributed by atoms with Gasteiger partial charge in [0, 0.05) is 6.54 Å². The maximum absolute atomic E-state index is 11.7. The summed E-state index contributed by atoms with van der Waals surface area (Å²) in [5.41, 5.74) is -1.22. The van der Waals surface area contributed by atoms with E-state index in [0.29, 0.717) is 19.6 Å². The van der Waals surface area contributed by atoms with E-state index >= 15 is 0 Å². The monoisotopic (exact) mass is 371 g/mol. The van der Waals surface area contributed by atoms with Gasteiger partial charge < -0.3 is 10.4 Å². The third-order valence-electron chi connectivity index (χ3n) is 4.92. The van der Waals surface area contributed by atoms with Crippen molar-refractivity contribution in [2.24, 2.45) is 22.7 Å². The summed E-state index contributed by atoms with van der Waals surface area (Å²) in [6, 6.07) is 0. The van der Waals surface area contributed by atoms with E-state index in [1.54, 1.807) is 12.2 Å². The largest absolute Gasteiger partial charge is 0.481 e. The smallest absolute Gasteiger partial charge is 0.312 e. The Morgan fingerprint density at radius 2 is 1.54 bits per heavy atom. The SMILES string of the molecule is C=CC1CC1(COOC)C(=O)NCC.C=CC1CC1(COOC)C(=O)O. The molecular weight excluding hydrogens is 342 g/mol. The number of carbonyl (C=O) groups excluding carboxylic acids is 1. The fourth-order valence-corrected chi connectivity index (χ4v) is 2.92. The molecule has 4 atom stereocenters. The highest BCUT2D eigenvalue weighted by atomic mass is 17.2. The second kappa shape index (κ2) is 9.82. The first kappa shape index (κ1) is 22.3. The van der Waals surface area contributed by atoms with E-state index in [9.17, 15) is 9.59 Å². The fraction of sp³-hybridized carbons (Fsp3) is 0.667. The van der Waals surface area contributed by atoms with Gasteiger partial charge in [-0.2, -0.15) is 0 Å². The Balaban J connectivity index is 0.000000263. The van der Waals surface area contributed by atoms with Gasteiger partial charge in [-0.05, 0) is 31.6 Å². The zero-order valence-corrected chi connectivity index (χ0v) is 15.7. The lowest BCUT2D eigenvalue weighted by molar-refractivity contribution is -0.282. The van der Waals surface area contributed by atoms with Gasteiger partial charge in [0.05, 0.1) is 32.8 Å². The molecule has 0 aromatic carbocycles. The summed E-state index contributed by atoms with van der Waals surface area (Å²) in [6.07, 6.45) is 4.84. The summed E-state index contributed by atoms with van der Waals surface area (Å²) in [5.74, 6) is -0.583. The Labute approximate surface area is 154 Å². The second-order valence-corrected chi connectivity index (χ2v) is 6.43. The summed E-state index contributed by atoms with van der Waals surface area (Å²) >= 11 is 0. The predicted molar refractivity (Wildman–Crippen MR) is 93.7 cm³/mol. The molecule has 0 saturated heterocycles. The summed E-state index contributed by atoms with van der Waals surface area (Å²) in [5, 5.41) is 11.6. The Kier molecular flexibility index (Phi) is 8.42. The van der Waals surface area contributed by atoms with E-state index in [4.69, 9.17) is 9.99 Å². The molecule has 0 aromatic heterocycles. The van der Waals surface area contributed by atoms with Crippen LogP contribution in [0.5, 0.6) is 0 Å². The lowest BCUT2D eigenvalue weighted by Crippen LogP contribution is -2.35. The highest BCUT2D eigenvalue weighted by Gasteiger charge is 2.60. The first-order chi connectivity index (χ1) is 12.4. The highest BCUT2D eigenvalue weighted by Crippen LogP contribution is 2.54. The minimum Gasteiger partial charge on any atom is -0.481 e. The molecule has 8 nitrogen and oxygen atoms in total. The summed E-state index contributed by atoms with van der Waals surface area (Å²) in [4.78, 5) is 40.8. The molecule has 0 aromatic rings. The Hall–Kier alpha value is -1.74. The van der Waals surface area contributed by atoms with E-state index in [2.05, 4.69) is 33.1 Å². The van der Waals surface area contributed by atoms with Gasteiger partial charge in [0.15, 0.2) is 0 Å². The Bertz CT molecular complexity index is 524. The number of hydrogen-bond donors (Lipinski definition) is 2. The van der Waals surface area contributed by atoms with Crippen LogP contribution in [0.2, 0.25) is 0 Å². The van der Waals surface area contributed by atoms with Crippen LogP contribution >= 0.6 is 0 Å². The number of aliphatic carboxylic acids is 1. The van der Waals surface area contributed by atoms with Crippen molar-refractivity contribution < 1.29 is 34.2 Å². The molecule has 0 aliphatic heterocycles. The van der Waals surface area contributed by atoms with Gasteiger partial charge in [0.25, 0.3) is 0 Å². The molecule has 26 heavy (non-hydrogen) atoms. The van der Waals surface area contributed by atoms with Crippen molar-refractivity contribution in [3.05, 3.63) is 25.3 Å². The van der Waals surface area contributed by atoms with Crippen LogP contribution < -0.4 is 5.32 Å². The normalized spacial score (nSPS) is 31.2. The van der Waals surface area contributed by atoms with Crippen LogP contribution in [0.1, 0.15) is 19.8 Å². The molecule has 2 rings (SSSR count). The van der Waals surface area contributed by atoms with Gasteiger partial charge >= 0.3 is 5.97 Å². The third kappa shape index (κ3) is 4.91. The van der Waals surface area contributed by atoms with Gasteiger partial charge in [0.1, 0.15) is 5.41 Å². The van der Waals surface area contributed by atoms with Gasteiger partial charge in [-0.3, -0.25) is 9.59 Å². The standard InChI is InChI=1S/C10H17NO3.C8H12O4/c1-4-8-6-10(8,7-14-13-3)9(12)11-5-2;1-3-6-4-8(6,7(9)10)5-12-11-2/h4,8H,1,5-7H2,2-3H3,(H,11,12);3,6H,1,4-5H2,2H3,(H,9,10). The molecule has 0 spiro atoms. The van der Waals surface area contributed by atoms with Crippen molar-refractivity contribution in [2.75, 3.05) is 34.0 Å². The number of nitrogens with one attached hydrogen (secondary N) is 1. The summed E-state index contributed by atoms with van der Waals surface area (Å²) < 4.78 is 0. The lowest BCUT2D eigenvalue weighted by Gasteiger charge is -2.14. The van der Waals surface area contributed by atoms with Crippen LogP contribution in [0.4, 0.5) is 0 Å². The summed E-state index contributed by atoms with van der Waals surface area (Å²) in [7, 11) is 2.80. The molecule has 0 bridgehead atoms. The zero-order valence-electron chi connectivity index (χ0n) is 15.7. The summed E-state index contributed by atoms with van der Waals surface area (Å²) in [6.45, 7) is 10.2. The third-order valence-corrected chi connectivity index (χ3v) is 4.92. The molecule has 2 fully saturated rings. The van der Waals surface area contributed by atoms with Crippen LogP contribution in [0.25, 0.3) is 0 Å². The molecule has 2 aliphatic carbocycles. The molecular formula is C18H29NO7. The first-order valence-electron chi connectivity index (χ1n) is 8.46. The van der Waals surface area contributed by atoms with Crippen molar-refractivity contribution in [3.63, 3.8) is 0 Å². The van der Waals surface area contributed by atoms with Gasteiger partial charge in [0.2, 0.25) is 5.91 Å². The van der Waals surface area contributed by atoms with Crippen molar-refractivity contribution in [2.45, 2.75) is 19.8 Å². The first-order valence-corrected chi connectivity index (χ1v) is 8.46. The van der Waals surface area contributed by atoms with Crippen molar-refractivity contribution in [1.29, 1.82) is 0 Å². The zero-order chi connectivity index (χ0) is 19.8. The molecule has 2 aliphatic rings. The minimum absolute atomic E-state index is 0.0187. The molecule has 4 unspecified atom stereocenters. The number of carboxylic acids is 1. The molecule has 2 saturated carbocycles. The molecule has 8 heteroatoms. The Morgan fingerprint density at radius 1 is 1.08 bits per heavy atom. The van der Waals surface area contributed by atoms with E-state index in [0.717, 1.165) is 6.42 Å². The minimum atomic E-state index is -0.843. The molecule has 148 valence electrons. The number of allylic oxidation sites excluding steroid dienone is 2. The van der Waals surface area contributed by atoms with Crippen molar-refractivity contribution in [1.82, 2.24) is 5.32 Å². The van der Waals surface area contributed by atoms with Crippen LogP contribution in [0.15, 0.2) is 25.3 Å². The van der Waals surface area contributed by atoms with E-state index in [1.807, 2.05) is 6.92 Å². The predicted octanol–water partition coefficient (Wildman–Crippen LogP) is 1.73. The molecule has 0 radical (unpaired) electrons. The van der Waals surface area contributed by atoms with Crippen LogP contribution in [-0.4, -0.2) is 51.0 Å². The number of amides is 1. The topological polar surface area (TPSA) is 103 Å². The van der Waals surface area contributed by atoms with Crippen molar-refractivity contribution >= 4 is 11.9 Å². The lowest BCUT2D eigenvalue weighted by atomic mass is 10.0. The Morgan fingerprint density at radius 3 is 1.88 bits per heavy atom. The number of hydrogen-bond acceptors (Lipinski definition) is 6. The molecule has 2 N–H and O–H groups in total. The number of carbonyl (C=O) groups is 2. The fourth-order valence-electron chi connectivity index (χ4n) is 2.92. The second-order valence-electron chi connectivity index (χ2n) is 6.43. The van der Waals surface area contributed by atoms with Gasteiger partial charge in [-0.25, -0.2) is 19.6 Å². The average molecular weight is 371 g/mol. The number of carboxylic acid groups (broad SMARTS) is 1. The number of rotatable bonds is 11. The quantitative estimate of drug-likeness (QED) is 0.324. The van der Waals surface area contributed by atoms with Crippen LogP contribution in [-0.2, 0) is 29.1 Å². The van der Waals surface area contributed by atoms with Crippen LogP contribution in [0, 0.1) is 22.7 Å². The average Bonchev–Trinajstić information content (AvgIpc) is 3.52. The highest BCUT2D eigenvalue weighted by molar-refractivity contribution is 5.86. The molecule has 1 amide bonds. The van der Waals surface area contributed by atoms with Gasteiger partial charge in [-0.1, -0.05) is 12.2 Å². The maximum Gasteiger partial charge on any atom is 0.312 e. The van der Waals surface area contributed by atoms with E-state index in [-0.39, 0.29) is 24.3 Å². The van der Waals surface area contributed by atoms with Crippen LogP contribution in [0.3, 0.4) is 0 Å². The van der Waals surface area contributed by atoms with E-state index in [1.165, 1.54) is 14.2 Å². The van der Waals surface area contributed by atoms with E-state index < -0.39 is 16.8 Å².